The van der Waals surface area contributed by atoms with Gasteiger partial charge in [0.05, 0.1) is 16.8 Å². The van der Waals surface area contributed by atoms with Crippen LogP contribution in [0.15, 0.2) is 30.5 Å². The summed E-state index contributed by atoms with van der Waals surface area (Å²) in [6.07, 6.45) is 4.79. The van der Waals surface area contributed by atoms with Gasteiger partial charge in [0, 0.05) is 56.8 Å². The Bertz CT molecular complexity index is 1190. The fraction of sp³-hybridized carbons (Fsp3) is 0.519. The third-order valence-electron chi connectivity index (χ3n) is 7.86. The Labute approximate surface area is 210 Å². The molecule has 3 heterocycles. The van der Waals surface area contributed by atoms with E-state index >= 15 is 4.39 Å². The number of likely N-dealkylation sites (tertiary alicyclic amines) is 1. The molecule has 190 valence electrons. The number of imide groups is 1. The smallest absolute Gasteiger partial charge is 0.241 e. The number of benzene rings is 1. The van der Waals surface area contributed by atoms with Crippen molar-refractivity contribution in [2.45, 2.75) is 63.8 Å². The van der Waals surface area contributed by atoms with Gasteiger partial charge in [-0.3, -0.25) is 24.3 Å². The van der Waals surface area contributed by atoms with E-state index in [4.69, 9.17) is 0 Å². The average Bonchev–Trinajstić information content (AvgIpc) is 3.47. The van der Waals surface area contributed by atoms with E-state index in [1.807, 2.05) is 13.8 Å². The number of carbonyl (C=O) groups excluding carboxylic acids is 3. The standard InChI is InChI=1S/C27H32FN5O3/c1-18-17-29-19(2)25(30-18)32-13-11-31(12-14-32)23(34)15-27(21-9-5-6-10-22(21)28)16-24(35)33(26(27)36)20-7-3-4-8-20/h5-6,9-10,17,20H,3-4,7-8,11-16H2,1-2H3/t27-/m1/s1. The van der Waals surface area contributed by atoms with Crippen LogP contribution in [0.1, 0.15) is 55.5 Å². The van der Waals surface area contributed by atoms with E-state index in [2.05, 4.69) is 14.9 Å². The van der Waals surface area contributed by atoms with Gasteiger partial charge in [-0.05, 0) is 32.8 Å². The van der Waals surface area contributed by atoms with Crippen molar-refractivity contribution in [1.82, 2.24) is 19.8 Å². The van der Waals surface area contributed by atoms with Gasteiger partial charge in [0.1, 0.15) is 11.6 Å². The van der Waals surface area contributed by atoms with Crippen molar-refractivity contribution in [3.63, 3.8) is 0 Å². The molecule has 2 aliphatic heterocycles. The summed E-state index contributed by atoms with van der Waals surface area (Å²) < 4.78 is 15.1. The number of aromatic nitrogens is 2. The Morgan fingerprint density at radius 3 is 2.47 bits per heavy atom. The molecule has 2 saturated heterocycles. The fourth-order valence-electron chi connectivity index (χ4n) is 5.95. The monoisotopic (exact) mass is 493 g/mol. The van der Waals surface area contributed by atoms with E-state index in [9.17, 15) is 14.4 Å². The Hall–Kier alpha value is -3.36. The van der Waals surface area contributed by atoms with Crippen LogP contribution in [-0.2, 0) is 19.8 Å². The first-order valence-electron chi connectivity index (χ1n) is 12.7. The number of hydrogen-bond donors (Lipinski definition) is 0. The van der Waals surface area contributed by atoms with Gasteiger partial charge >= 0.3 is 0 Å². The first-order chi connectivity index (χ1) is 17.3. The van der Waals surface area contributed by atoms with Crippen molar-refractivity contribution in [3.8, 4) is 0 Å². The second-order valence-electron chi connectivity index (χ2n) is 10.2. The molecule has 0 N–H and O–H groups in total. The molecule has 5 rings (SSSR count). The summed E-state index contributed by atoms with van der Waals surface area (Å²) in [5.74, 6) is -0.713. The van der Waals surface area contributed by atoms with E-state index in [-0.39, 0.29) is 36.3 Å². The molecule has 1 saturated carbocycles. The minimum atomic E-state index is -1.50. The van der Waals surface area contributed by atoms with Gasteiger partial charge in [-0.2, -0.15) is 0 Å². The van der Waals surface area contributed by atoms with Crippen molar-refractivity contribution in [3.05, 3.63) is 53.2 Å². The summed E-state index contributed by atoms with van der Waals surface area (Å²) in [5.41, 5.74) is 0.303. The number of aryl methyl sites for hydroxylation is 2. The number of rotatable bonds is 5. The number of carbonyl (C=O) groups is 3. The maximum atomic E-state index is 15.1. The third kappa shape index (κ3) is 4.24. The average molecular weight is 494 g/mol. The maximum absolute atomic E-state index is 15.1. The number of anilines is 1. The molecule has 0 bridgehead atoms. The molecule has 1 aliphatic carbocycles. The highest BCUT2D eigenvalue weighted by molar-refractivity contribution is 6.11. The van der Waals surface area contributed by atoms with Crippen molar-refractivity contribution < 1.29 is 18.8 Å². The van der Waals surface area contributed by atoms with Crippen LogP contribution < -0.4 is 4.90 Å². The van der Waals surface area contributed by atoms with Crippen molar-refractivity contribution >= 4 is 23.5 Å². The van der Waals surface area contributed by atoms with Crippen LogP contribution in [0, 0.1) is 19.7 Å². The molecule has 1 aromatic heterocycles. The van der Waals surface area contributed by atoms with E-state index in [1.54, 1.807) is 29.3 Å². The van der Waals surface area contributed by atoms with Gasteiger partial charge in [-0.15, -0.1) is 0 Å². The number of nitrogens with zero attached hydrogens (tertiary/aromatic N) is 5. The lowest BCUT2D eigenvalue weighted by atomic mass is 9.75. The molecule has 9 heteroatoms. The molecule has 3 amide bonds. The Morgan fingerprint density at radius 2 is 1.78 bits per heavy atom. The molecule has 3 aliphatic rings. The first kappa shape index (κ1) is 24.3. The second-order valence-corrected chi connectivity index (χ2v) is 10.2. The molecule has 3 fully saturated rings. The van der Waals surface area contributed by atoms with Crippen LogP contribution in [0.25, 0.3) is 0 Å². The van der Waals surface area contributed by atoms with Crippen LogP contribution in [0.3, 0.4) is 0 Å². The molecule has 8 nitrogen and oxygen atoms in total. The summed E-state index contributed by atoms with van der Waals surface area (Å²) >= 11 is 0. The van der Waals surface area contributed by atoms with Crippen LogP contribution in [-0.4, -0.2) is 69.7 Å². The van der Waals surface area contributed by atoms with Gasteiger partial charge < -0.3 is 9.80 Å². The highest BCUT2D eigenvalue weighted by Gasteiger charge is 2.56. The molecule has 2 aromatic rings. The van der Waals surface area contributed by atoms with Crippen LogP contribution in [0.5, 0.6) is 0 Å². The summed E-state index contributed by atoms with van der Waals surface area (Å²) in [7, 11) is 0. The summed E-state index contributed by atoms with van der Waals surface area (Å²) in [5, 5.41) is 0. The number of amides is 3. The lowest BCUT2D eigenvalue weighted by Crippen LogP contribution is -2.52. The van der Waals surface area contributed by atoms with E-state index in [1.165, 1.54) is 11.0 Å². The topological polar surface area (TPSA) is 86.7 Å². The SMILES string of the molecule is Cc1cnc(C)c(N2CCN(C(=O)C[C@]3(c4ccccc4F)CC(=O)N(C4CCCC4)C3=O)CC2)n1. The van der Waals surface area contributed by atoms with Gasteiger partial charge in [0.15, 0.2) is 0 Å². The molecular weight excluding hydrogens is 461 g/mol. The molecule has 1 aromatic carbocycles. The maximum Gasteiger partial charge on any atom is 0.241 e. The molecule has 0 unspecified atom stereocenters. The van der Waals surface area contributed by atoms with Crippen LogP contribution >= 0.6 is 0 Å². The zero-order valence-electron chi connectivity index (χ0n) is 20.9. The van der Waals surface area contributed by atoms with Crippen molar-refractivity contribution in [2.24, 2.45) is 0 Å². The fourth-order valence-corrected chi connectivity index (χ4v) is 5.95. The largest absolute Gasteiger partial charge is 0.352 e. The number of halogens is 1. The predicted molar refractivity (Wildman–Crippen MR) is 132 cm³/mol. The lowest BCUT2D eigenvalue weighted by molar-refractivity contribution is -0.144. The summed E-state index contributed by atoms with van der Waals surface area (Å²) in [6.45, 7) is 5.88. The van der Waals surface area contributed by atoms with Crippen molar-refractivity contribution in [2.75, 3.05) is 31.1 Å². The highest BCUT2D eigenvalue weighted by Crippen LogP contribution is 2.44. The van der Waals surface area contributed by atoms with Crippen LogP contribution in [0.2, 0.25) is 0 Å². The van der Waals surface area contributed by atoms with E-state index < -0.39 is 17.1 Å². The molecule has 36 heavy (non-hydrogen) atoms. The molecule has 0 radical (unpaired) electrons. The zero-order chi connectivity index (χ0) is 25.4. The second kappa shape index (κ2) is 9.59. The molecule has 0 spiro atoms. The molecular formula is C27H32FN5O3. The van der Waals surface area contributed by atoms with Gasteiger partial charge in [0.2, 0.25) is 17.7 Å². The normalized spacial score (nSPS) is 23.1. The number of hydrogen-bond acceptors (Lipinski definition) is 6. The number of piperazine rings is 1. The summed E-state index contributed by atoms with van der Waals surface area (Å²) in [6, 6.07) is 5.89. The lowest BCUT2D eigenvalue weighted by Gasteiger charge is -2.37. The van der Waals surface area contributed by atoms with Gasteiger partial charge in [-0.1, -0.05) is 31.0 Å². The quantitative estimate of drug-likeness (QED) is 0.596. The van der Waals surface area contributed by atoms with Gasteiger partial charge in [0.25, 0.3) is 0 Å². The van der Waals surface area contributed by atoms with E-state index in [0.717, 1.165) is 42.9 Å². The Kier molecular flexibility index (Phi) is 6.49. The minimum Gasteiger partial charge on any atom is -0.352 e. The summed E-state index contributed by atoms with van der Waals surface area (Å²) in [4.78, 5) is 54.7. The Morgan fingerprint density at radius 1 is 1.08 bits per heavy atom. The van der Waals surface area contributed by atoms with Gasteiger partial charge in [-0.25, -0.2) is 9.37 Å². The highest BCUT2D eigenvalue weighted by atomic mass is 19.1. The first-order valence-corrected chi connectivity index (χ1v) is 12.7. The predicted octanol–water partition coefficient (Wildman–Crippen LogP) is 2.91. The van der Waals surface area contributed by atoms with Crippen molar-refractivity contribution in [1.29, 1.82) is 0 Å². The minimum absolute atomic E-state index is 0.140. The molecule has 1 atom stereocenters. The van der Waals surface area contributed by atoms with E-state index in [0.29, 0.717) is 26.2 Å². The Balaban J connectivity index is 1.37. The zero-order valence-corrected chi connectivity index (χ0v) is 20.9. The third-order valence-corrected chi connectivity index (χ3v) is 7.86. The van der Waals surface area contributed by atoms with Crippen LogP contribution in [0.4, 0.5) is 10.2 Å².